The minimum absolute atomic E-state index is 0.0745. The van der Waals surface area contributed by atoms with Gasteiger partial charge in [0.15, 0.2) is 0 Å². The second-order valence-electron chi connectivity index (χ2n) is 4.50. The van der Waals surface area contributed by atoms with Crippen LogP contribution in [0, 0.1) is 5.92 Å². The maximum absolute atomic E-state index is 11.5. The van der Waals surface area contributed by atoms with E-state index in [1.54, 1.807) is 0 Å². The lowest BCUT2D eigenvalue weighted by molar-refractivity contribution is -0.138. The van der Waals surface area contributed by atoms with E-state index in [4.69, 9.17) is 4.74 Å². The SMILES string of the molecule is O=C1CC[C@H]2[C@H](O)[C@H]3CCO[C@H]3CN12. The Labute approximate surface area is 82.8 Å². The highest BCUT2D eigenvalue weighted by molar-refractivity contribution is 5.79. The van der Waals surface area contributed by atoms with Crippen LogP contribution in [-0.2, 0) is 9.53 Å². The highest BCUT2D eigenvalue weighted by atomic mass is 16.5. The molecule has 0 aromatic rings. The van der Waals surface area contributed by atoms with Gasteiger partial charge in [-0.15, -0.1) is 0 Å². The van der Waals surface area contributed by atoms with Crippen molar-refractivity contribution in [3.8, 4) is 0 Å². The van der Waals surface area contributed by atoms with Gasteiger partial charge in [0.1, 0.15) is 0 Å². The minimum atomic E-state index is -0.359. The average Bonchev–Trinajstić information content (AvgIpc) is 2.75. The molecule has 0 aliphatic carbocycles. The van der Waals surface area contributed by atoms with Crippen LogP contribution in [0.1, 0.15) is 19.3 Å². The summed E-state index contributed by atoms with van der Waals surface area (Å²) in [6.45, 7) is 1.44. The monoisotopic (exact) mass is 197 g/mol. The third-order valence-electron chi connectivity index (χ3n) is 3.84. The molecule has 78 valence electrons. The molecular formula is C10H15NO3. The Hall–Kier alpha value is -0.610. The first-order chi connectivity index (χ1) is 6.77. The molecule has 3 aliphatic heterocycles. The molecule has 4 heteroatoms. The number of fused-ring (bicyclic) bond motifs is 2. The van der Waals surface area contributed by atoms with Crippen molar-refractivity contribution < 1.29 is 14.6 Å². The molecule has 0 unspecified atom stereocenters. The maximum atomic E-state index is 11.5. The fraction of sp³-hybridized carbons (Fsp3) is 0.900. The molecule has 0 radical (unpaired) electrons. The summed E-state index contributed by atoms with van der Waals surface area (Å²) >= 11 is 0. The molecule has 3 aliphatic rings. The molecule has 3 heterocycles. The molecule has 0 saturated carbocycles. The molecule has 3 fully saturated rings. The Morgan fingerprint density at radius 1 is 1.43 bits per heavy atom. The Bertz CT molecular complexity index is 268. The van der Waals surface area contributed by atoms with E-state index >= 15 is 0 Å². The van der Waals surface area contributed by atoms with Gasteiger partial charge in [-0.2, -0.15) is 0 Å². The summed E-state index contributed by atoms with van der Waals surface area (Å²) in [5.74, 6) is 0.449. The highest BCUT2D eigenvalue weighted by Crippen LogP contribution is 2.37. The van der Waals surface area contributed by atoms with Crippen LogP contribution in [0.15, 0.2) is 0 Å². The van der Waals surface area contributed by atoms with Crippen molar-refractivity contribution in [1.82, 2.24) is 4.90 Å². The van der Waals surface area contributed by atoms with Gasteiger partial charge in [-0.1, -0.05) is 0 Å². The first-order valence-electron chi connectivity index (χ1n) is 5.36. The van der Waals surface area contributed by atoms with Gasteiger partial charge in [0.05, 0.1) is 18.2 Å². The Balaban J connectivity index is 1.86. The molecule has 3 rings (SSSR count). The van der Waals surface area contributed by atoms with Gasteiger partial charge in [-0.05, 0) is 12.8 Å². The predicted octanol–water partition coefficient (Wildman–Crippen LogP) is -0.243. The van der Waals surface area contributed by atoms with Crippen LogP contribution in [0.2, 0.25) is 0 Å². The van der Waals surface area contributed by atoms with Crippen molar-refractivity contribution in [1.29, 1.82) is 0 Å². The van der Waals surface area contributed by atoms with Crippen molar-refractivity contribution in [2.24, 2.45) is 5.92 Å². The molecule has 1 amide bonds. The van der Waals surface area contributed by atoms with E-state index < -0.39 is 0 Å². The van der Waals surface area contributed by atoms with Crippen LogP contribution in [0.5, 0.6) is 0 Å². The summed E-state index contributed by atoms with van der Waals surface area (Å²) < 4.78 is 5.53. The first-order valence-corrected chi connectivity index (χ1v) is 5.36. The molecule has 0 aromatic heterocycles. The Morgan fingerprint density at radius 3 is 3.14 bits per heavy atom. The third kappa shape index (κ3) is 1.04. The standard InChI is InChI=1S/C10H15NO3/c12-9-2-1-7-10(13)6-3-4-14-8(6)5-11(7)9/h6-8,10,13H,1-5H2/t6-,7-,8-,10+/m0/s1. The van der Waals surface area contributed by atoms with E-state index in [1.807, 2.05) is 4.90 Å². The van der Waals surface area contributed by atoms with Crippen LogP contribution >= 0.6 is 0 Å². The number of aliphatic hydroxyl groups is 1. The molecule has 14 heavy (non-hydrogen) atoms. The lowest BCUT2D eigenvalue weighted by Gasteiger charge is -2.40. The summed E-state index contributed by atoms with van der Waals surface area (Å²) in [6.07, 6.45) is 2.10. The largest absolute Gasteiger partial charge is 0.391 e. The fourth-order valence-electron chi connectivity index (χ4n) is 3.07. The van der Waals surface area contributed by atoms with E-state index in [0.29, 0.717) is 13.0 Å². The number of amides is 1. The van der Waals surface area contributed by atoms with Gasteiger partial charge in [0, 0.05) is 25.5 Å². The fourth-order valence-corrected chi connectivity index (χ4v) is 3.07. The van der Waals surface area contributed by atoms with Crippen molar-refractivity contribution in [2.45, 2.75) is 37.5 Å². The zero-order valence-corrected chi connectivity index (χ0v) is 8.06. The zero-order chi connectivity index (χ0) is 9.71. The quantitative estimate of drug-likeness (QED) is 0.583. The van der Waals surface area contributed by atoms with Crippen molar-refractivity contribution >= 4 is 5.91 Å². The van der Waals surface area contributed by atoms with E-state index in [2.05, 4.69) is 0 Å². The Kier molecular flexibility index (Phi) is 1.82. The number of hydrogen-bond acceptors (Lipinski definition) is 3. The molecule has 4 nitrogen and oxygen atoms in total. The van der Waals surface area contributed by atoms with Crippen LogP contribution in [0.4, 0.5) is 0 Å². The summed E-state index contributed by atoms with van der Waals surface area (Å²) in [5.41, 5.74) is 0. The number of ether oxygens (including phenoxy) is 1. The van der Waals surface area contributed by atoms with E-state index in [0.717, 1.165) is 19.4 Å². The molecule has 0 aromatic carbocycles. The second kappa shape index (κ2) is 2.94. The van der Waals surface area contributed by atoms with Gasteiger partial charge in [-0.25, -0.2) is 0 Å². The number of nitrogens with zero attached hydrogens (tertiary/aromatic N) is 1. The highest BCUT2D eigenvalue weighted by Gasteiger charge is 2.49. The van der Waals surface area contributed by atoms with Crippen molar-refractivity contribution in [3.63, 3.8) is 0 Å². The number of carbonyl (C=O) groups excluding carboxylic acids is 1. The number of aliphatic hydroxyl groups excluding tert-OH is 1. The van der Waals surface area contributed by atoms with Gasteiger partial charge >= 0.3 is 0 Å². The summed E-state index contributed by atoms with van der Waals surface area (Å²) in [7, 11) is 0. The van der Waals surface area contributed by atoms with Gasteiger partial charge in [0.25, 0.3) is 0 Å². The van der Waals surface area contributed by atoms with E-state index in [1.165, 1.54) is 0 Å². The van der Waals surface area contributed by atoms with Crippen molar-refractivity contribution in [3.05, 3.63) is 0 Å². The molecule has 3 saturated heterocycles. The lowest BCUT2D eigenvalue weighted by atomic mass is 9.85. The minimum Gasteiger partial charge on any atom is -0.391 e. The molecule has 0 spiro atoms. The summed E-state index contributed by atoms with van der Waals surface area (Å²) in [5, 5.41) is 10.1. The predicted molar refractivity (Wildman–Crippen MR) is 48.6 cm³/mol. The normalized spacial score (nSPS) is 46.6. The second-order valence-corrected chi connectivity index (χ2v) is 4.50. The Morgan fingerprint density at radius 2 is 2.29 bits per heavy atom. The van der Waals surface area contributed by atoms with Crippen LogP contribution < -0.4 is 0 Å². The van der Waals surface area contributed by atoms with Crippen molar-refractivity contribution in [2.75, 3.05) is 13.2 Å². The average molecular weight is 197 g/mol. The van der Waals surface area contributed by atoms with Crippen LogP contribution in [0.3, 0.4) is 0 Å². The topological polar surface area (TPSA) is 49.8 Å². The summed E-state index contributed by atoms with van der Waals surface area (Å²) in [6, 6.07) is 0.0745. The molecule has 1 N–H and O–H groups in total. The number of piperidine rings is 1. The molecule has 0 bridgehead atoms. The number of hydrogen-bond donors (Lipinski definition) is 1. The number of rotatable bonds is 0. The zero-order valence-electron chi connectivity index (χ0n) is 8.06. The van der Waals surface area contributed by atoms with E-state index in [-0.39, 0.29) is 30.1 Å². The van der Waals surface area contributed by atoms with Gasteiger partial charge in [-0.3, -0.25) is 4.79 Å². The third-order valence-corrected chi connectivity index (χ3v) is 3.84. The first kappa shape index (κ1) is 8.68. The number of carbonyl (C=O) groups is 1. The smallest absolute Gasteiger partial charge is 0.223 e. The van der Waals surface area contributed by atoms with Crippen LogP contribution in [0.25, 0.3) is 0 Å². The van der Waals surface area contributed by atoms with E-state index in [9.17, 15) is 9.90 Å². The molecule has 4 atom stereocenters. The lowest BCUT2D eigenvalue weighted by Crippen LogP contribution is -2.55. The summed E-state index contributed by atoms with van der Waals surface area (Å²) in [4.78, 5) is 13.3. The molecular weight excluding hydrogens is 182 g/mol. The maximum Gasteiger partial charge on any atom is 0.223 e. The van der Waals surface area contributed by atoms with Gasteiger partial charge < -0.3 is 14.7 Å². The van der Waals surface area contributed by atoms with Crippen LogP contribution in [-0.4, -0.2) is 47.3 Å². The van der Waals surface area contributed by atoms with Gasteiger partial charge in [0.2, 0.25) is 5.91 Å².